The highest BCUT2D eigenvalue weighted by atomic mass is 15.1. The normalized spacial score (nSPS) is 13.2. The van der Waals surface area contributed by atoms with E-state index < -0.39 is 0 Å². The monoisotopic (exact) mass is 204 g/mol. The van der Waals surface area contributed by atoms with Crippen LogP contribution in [0.4, 0.5) is 0 Å². The minimum Gasteiger partial charge on any atom is -0.329 e. The Morgan fingerprint density at radius 3 is 3.07 bits per heavy atom. The van der Waals surface area contributed by atoms with Crippen molar-refractivity contribution in [1.29, 1.82) is 0 Å². The third kappa shape index (κ3) is 2.16. The van der Waals surface area contributed by atoms with Crippen LogP contribution in [0.1, 0.15) is 12.6 Å². The van der Waals surface area contributed by atoms with Crippen molar-refractivity contribution in [3.05, 3.63) is 30.0 Å². The van der Waals surface area contributed by atoms with Crippen LogP contribution in [0.2, 0.25) is 0 Å². The Morgan fingerprint density at radius 1 is 1.47 bits per heavy atom. The standard InChI is InChI=1S/C11H16N4/c1-8(6-12)13-7-11-9-4-2-3-5-10(9)14-15-11/h2-5,8,13H,6-7,12H2,1H3,(H,14,15)/t8-/m0/s1. The Kier molecular flexibility index (Phi) is 2.99. The van der Waals surface area contributed by atoms with Crippen LogP contribution in [-0.2, 0) is 6.54 Å². The fourth-order valence-electron chi connectivity index (χ4n) is 1.51. The molecule has 80 valence electrons. The van der Waals surface area contributed by atoms with Crippen LogP contribution in [0.25, 0.3) is 10.9 Å². The Labute approximate surface area is 88.9 Å². The van der Waals surface area contributed by atoms with Gasteiger partial charge in [0.15, 0.2) is 0 Å². The molecule has 1 aromatic heterocycles. The van der Waals surface area contributed by atoms with E-state index in [4.69, 9.17) is 5.73 Å². The molecule has 0 bridgehead atoms. The molecule has 0 aliphatic heterocycles. The molecular weight excluding hydrogens is 188 g/mol. The molecule has 2 rings (SSSR count). The second kappa shape index (κ2) is 4.42. The van der Waals surface area contributed by atoms with Crippen LogP contribution in [0.5, 0.6) is 0 Å². The third-order valence-corrected chi connectivity index (χ3v) is 2.52. The van der Waals surface area contributed by atoms with Crippen LogP contribution >= 0.6 is 0 Å². The molecule has 0 unspecified atom stereocenters. The van der Waals surface area contributed by atoms with Crippen molar-refractivity contribution in [1.82, 2.24) is 15.5 Å². The first kappa shape index (κ1) is 10.1. The summed E-state index contributed by atoms with van der Waals surface area (Å²) >= 11 is 0. The molecule has 0 spiro atoms. The first-order chi connectivity index (χ1) is 7.31. The second-order valence-electron chi connectivity index (χ2n) is 3.74. The van der Waals surface area contributed by atoms with Crippen molar-refractivity contribution in [2.24, 2.45) is 5.73 Å². The number of hydrogen-bond donors (Lipinski definition) is 3. The van der Waals surface area contributed by atoms with Gasteiger partial charge in [0, 0.05) is 24.5 Å². The lowest BCUT2D eigenvalue weighted by Gasteiger charge is -2.09. The maximum absolute atomic E-state index is 5.54. The zero-order valence-corrected chi connectivity index (χ0v) is 8.83. The molecule has 4 nitrogen and oxygen atoms in total. The number of para-hydroxylation sites is 1. The van der Waals surface area contributed by atoms with Gasteiger partial charge in [-0.15, -0.1) is 0 Å². The minimum atomic E-state index is 0.326. The highest BCUT2D eigenvalue weighted by molar-refractivity contribution is 5.81. The fourth-order valence-corrected chi connectivity index (χ4v) is 1.51. The molecule has 0 aliphatic rings. The van der Waals surface area contributed by atoms with Gasteiger partial charge in [0.1, 0.15) is 0 Å². The predicted octanol–water partition coefficient (Wildman–Crippen LogP) is 1.000. The maximum Gasteiger partial charge on any atom is 0.0924 e. The van der Waals surface area contributed by atoms with Crippen LogP contribution in [0.15, 0.2) is 24.3 Å². The van der Waals surface area contributed by atoms with Gasteiger partial charge in [0.25, 0.3) is 0 Å². The van der Waals surface area contributed by atoms with Crippen molar-refractivity contribution < 1.29 is 0 Å². The lowest BCUT2D eigenvalue weighted by atomic mass is 10.2. The quantitative estimate of drug-likeness (QED) is 0.696. The van der Waals surface area contributed by atoms with Gasteiger partial charge >= 0.3 is 0 Å². The lowest BCUT2D eigenvalue weighted by molar-refractivity contribution is 0.551. The summed E-state index contributed by atoms with van der Waals surface area (Å²) in [6.45, 7) is 3.49. The van der Waals surface area contributed by atoms with Crippen LogP contribution in [0, 0.1) is 0 Å². The maximum atomic E-state index is 5.54. The topological polar surface area (TPSA) is 66.7 Å². The van der Waals surface area contributed by atoms with E-state index in [0.29, 0.717) is 12.6 Å². The van der Waals surface area contributed by atoms with Crippen LogP contribution in [0.3, 0.4) is 0 Å². The molecule has 1 heterocycles. The summed E-state index contributed by atoms with van der Waals surface area (Å²) in [5.41, 5.74) is 7.66. The number of benzene rings is 1. The summed E-state index contributed by atoms with van der Waals surface area (Å²) in [6, 6.07) is 8.41. The molecule has 0 aliphatic carbocycles. The molecule has 0 fully saturated rings. The molecule has 15 heavy (non-hydrogen) atoms. The minimum absolute atomic E-state index is 0.326. The van der Waals surface area contributed by atoms with Crippen LogP contribution in [-0.4, -0.2) is 22.8 Å². The first-order valence-electron chi connectivity index (χ1n) is 5.16. The zero-order chi connectivity index (χ0) is 10.7. The van der Waals surface area contributed by atoms with E-state index in [1.54, 1.807) is 0 Å². The predicted molar refractivity (Wildman–Crippen MR) is 61.4 cm³/mol. The number of rotatable bonds is 4. The number of hydrogen-bond acceptors (Lipinski definition) is 3. The van der Waals surface area contributed by atoms with Gasteiger partial charge in [0.05, 0.1) is 11.2 Å². The zero-order valence-electron chi connectivity index (χ0n) is 8.83. The summed E-state index contributed by atoms with van der Waals surface area (Å²) < 4.78 is 0. The highest BCUT2D eigenvalue weighted by Crippen LogP contribution is 2.14. The van der Waals surface area contributed by atoms with E-state index in [1.165, 1.54) is 5.39 Å². The molecule has 4 heteroatoms. The van der Waals surface area contributed by atoms with Gasteiger partial charge in [-0.05, 0) is 13.0 Å². The molecule has 0 radical (unpaired) electrons. The third-order valence-electron chi connectivity index (χ3n) is 2.52. The summed E-state index contributed by atoms with van der Waals surface area (Å²) in [5, 5.41) is 11.8. The van der Waals surface area contributed by atoms with Gasteiger partial charge in [-0.25, -0.2) is 0 Å². The number of nitrogens with one attached hydrogen (secondary N) is 2. The first-order valence-corrected chi connectivity index (χ1v) is 5.16. The number of H-pyrrole nitrogens is 1. The Morgan fingerprint density at radius 2 is 2.27 bits per heavy atom. The van der Waals surface area contributed by atoms with E-state index in [0.717, 1.165) is 17.8 Å². The van der Waals surface area contributed by atoms with Gasteiger partial charge < -0.3 is 11.1 Å². The molecule has 0 amide bonds. The van der Waals surface area contributed by atoms with Gasteiger partial charge in [-0.3, -0.25) is 5.10 Å². The van der Waals surface area contributed by atoms with Gasteiger partial charge in [-0.1, -0.05) is 18.2 Å². The van der Waals surface area contributed by atoms with E-state index in [1.807, 2.05) is 18.2 Å². The molecule has 1 aromatic carbocycles. The number of aromatic nitrogens is 2. The number of nitrogens with two attached hydrogens (primary N) is 1. The molecule has 0 saturated carbocycles. The SMILES string of the molecule is C[C@@H](CN)NCc1[nH]nc2ccccc12. The van der Waals surface area contributed by atoms with Crippen molar-refractivity contribution >= 4 is 10.9 Å². The molecule has 2 aromatic rings. The van der Waals surface area contributed by atoms with E-state index >= 15 is 0 Å². The number of aromatic amines is 1. The second-order valence-corrected chi connectivity index (χ2v) is 3.74. The Hall–Kier alpha value is -1.39. The molecule has 0 saturated heterocycles. The van der Waals surface area contributed by atoms with Crippen molar-refractivity contribution in [2.45, 2.75) is 19.5 Å². The molecular formula is C11H16N4. The van der Waals surface area contributed by atoms with Crippen LogP contribution < -0.4 is 11.1 Å². The number of fused-ring (bicyclic) bond motifs is 1. The summed E-state index contributed by atoms with van der Waals surface area (Å²) in [7, 11) is 0. The van der Waals surface area contributed by atoms with E-state index in [2.05, 4.69) is 28.5 Å². The average molecular weight is 204 g/mol. The molecule has 1 atom stereocenters. The highest BCUT2D eigenvalue weighted by Gasteiger charge is 2.05. The van der Waals surface area contributed by atoms with Gasteiger partial charge in [-0.2, -0.15) is 5.10 Å². The summed E-state index contributed by atoms with van der Waals surface area (Å²) in [4.78, 5) is 0. The summed E-state index contributed by atoms with van der Waals surface area (Å²) in [5.74, 6) is 0. The largest absolute Gasteiger partial charge is 0.329 e. The Bertz CT molecular complexity index is 435. The fraction of sp³-hybridized carbons (Fsp3) is 0.364. The summed E-state index contributed by atoms with van der Waals surface area (Å²) in [6.07, 6.45) is 0. The van der Waals surface area contributed by atoms with Crippen molar-refractivity contribution in [3.8, 4) is 0 Å². The van der Waals surface area contributed by atoms with E-state index in [-0.39, 0.29) is 0 Å². The molecule has 4 N–H and O–H groups in total. The van der Waals surface area contributed by atoms with E-state index in [9.17, 15) is 0 Å². The Balaban J connectivity index is 2.14. The smallest absolute Gasteiger partial charge is 0.0924 e. The average Bonchev–Trinajstić information content (AvgIpc) is 2.69. The number of nitrogens with zero attached hydrogens (tertiary/aromatic N) is 1. The lowest BCUT2D eigenvalue weighted by Crippen LogP contribution is -2.32. The van der Waals surface area contributed by atoms with Crippen molar-refractivity contribution in [2.75, 3.05) is 6.54 Å². The van der Waals surface area contributed by atoms with Crippen molar-refractivity contribution in [3.63, 3.8) is 0 Å². The van der Waals surface area contributed by atoms with Gasteiger partial charge in [0.2, 0.25) is 0 Å².